The molecular weight excluding hydrogens is 356 g/mol. The Morgan fingerprint density at radius 3 is 2.69 bits per heavy atom. The van der Waals surface area contributed by atoms with E-state index in [0.717, 1.165) is 0 Å². The van der Waals surface area contributed by atoms with Crippen LogP contribution >= 0.6 is 11.8 Å². The first kappa shape index (κ1) is 21.7. The summed E-state index contributed by atoms with van der Waals surface area (Å²) in [5, 5.41) is 5.27. The third kappa shape index (κ3) is 7.71. The summed E-state index contributed by atoms with van der Waals surface area (Å²) in [5.41, 5.74) is 0.311. The van der Waals surface area contributed by atoms with Crippen LogP contribution in [-0.4, -0.2) is 56.4 Å². The van der Waals surface area contributed by atoms with E-state index in [1.807, 2.05) is 0 Å². The van der Waals surface area contributed by atoms with Gasteiger partial charge in [-0.15, -0.1) is 18.3 Å². The van der Waals surface area contributed by atoms with Crippen LogP contribution in [0.3, 0.4) is 0 Å². The molecule has 0 saturated carbocycles. The van der Waals surface area contributed by atoms with Gasteiger partial charge in [0.2, 0.25) is 5.91 Å². The fraction of sp³-hybridized carbons (Fsp3) is 0.389. The number of thioether (sulfide) groups is 1. The van der Waals surface area contributed by atoms with Crippen molar-refractivity contribution in [1.82, 2.24) is 10.6 Å². The number of carbonyl (C=O) groups excluding carboxylic acids is 3. The lowest BCUT2D eigenvalue weighted by Gasteiger charge is -2.14. The minimum atomic E-state index is -0.933. The second-order valence-corrected chi connectivity index (χ2v) is 6.23. The van der Waals surface area contributed by atoms with Crippen molar-refractivity contribution in [3.63, 3.8) is 0 Å². The molecule has 8 heteroatoms. The van der Waals surface area contributed by atoms with Gasteiger partial charge >= 0.3 is 5.97 Å². The van der Waals surface area contributed by atoms with Crippen molar-refractivity contribution in [1.29, 1.82) is 0 Å². The maximum absolute atomic E-state index is 12.4. The lowest BCUT2D eigenvalue weighted by atomic mass is 10.2. The zero-order chi connectivity index (χ0) is 19.4. The molecule has 1 rings (SSSR count). The zero-order valence-electron chi connectivity index (χ0n) is 14.9. The van der Waals surface area contributed by atoms with Crippen LogP contribution in [0, 0.1) is 0 Å². The number of hydrogen-bond donors (Lipinski definition) is 2. The molecule has 1 unspecified atom stereocenters. The number of ether oxygens (including phenoxy) is 2. The summed E-state index contributed by atoms with van der Waals surface area (Å²) >= 11 is 1.22. The highest BCUT2D eigenvalue weighted by Crippen LogP contribution is 2.23. The van der Waals surface area contributed by atoms with Crippen molar-refractivity contribution in [3.05, 3.63) is 42.5 Å². The standard InChI is InChI=1S/C18H24N2O5S/c1-4-9-20-17(22)13(2)25-18(23)14-7-5-6-8-15(14)26-12-16(21)19-10-11-24-3/h4-8,13H,1,9-12H2,2-3H3,(H,19,21)(H,20,22). The number of esters is 1. The van der Waals surface area contributed by atoms with E-state index < -0.39 is 18.0 Å². The largest absolute Gasteiger partial charge is 0.449 e. The summed E-state index contributed by atoms with van der Waals surface area (Å²) < 4.78 is 10.1. The van der Waals surface area contributed by atoms with Gasteiger partial charge in [-0.1, -0.05) is 18.2 Å². The van der Waals surface area contributed by atoms with Crippen molar-refractivity contribution >= 4 is 29.5 Å². The lowest BCUT2D eigenvalue weighted by molar-refractivity contribution is -0.128. The molecule has 142 valence electrons. The first-order chi connectivity index (χ1) is 12.5. The summed E-state index contributed by atoms with van der Waals surface area (Å²) in [4.78, 5) is 36.5. The fourth-order valence-electron chi connectivity index (χ4n) is 1.84. The molecule has 0 saturated heterocycles. The molecule has 1 aromatic rings. The SMILES string of the molecule is C=CCNC(=O)C(C)OC(=O)c1ccccc1SCC(=O)NCCOC. The molecule has 0 aliphatic carbocycles. The van der Waals surface area contributed by atoms with Crippen molar-refractivity contribution in [3.8, 4) is 0 Å². The summed E-state index contributed by atoms with van der Waals surface area (Å²) in [7, 11) is 1.56. The average molecular weight is 380 g/mol. The number of rotatable bonds is 11. The van der Waals surface area contributed by atoms with Crippen molar-refractivity contribution in [2.75, 3.05) is 32.6 Å². The van der Waals surface area contributed by atoms with Gasteiger partial charge in [-0.05, 0) is 19.1 Å². The summed E-state index contributed by atoms with van der Waals surface area (Å²) in [6.45, 7) is 6.16. The van der Waals surface area contributed by atoms with E-state index in [9.17, 15) is 14.4 Å². The Labute approximate surface area is 157 Å². The molecule has 1 atom stereocenters. The third-order valence-corrected chi connectivity index (χ3v) is 4.24. The number of amides is 2. The second-order valence-electron chi connectivity index (χ2n) is 5.21. The van der Waals surface area contributed by atoms with Crippen molar-refractivity contribution < 1.29 is 23.9 Å². The van der Waals surface area contributed by atoms with E-state index in [1.165, 1.54) is 24.8 Å². The Balaban J connectivity index is 2.64. The molecule has 0 spiro atoms. The van der Waals surface area contributed by atoms with Gasteiger partial charge in [0.15, 0.2) is 6.10 Å². The van der Waals surface area contributed by atoms with Crippen LogP contribution in [0.5, 0.6) is 0 Å². The van der Waals surface area contributed by atoms with Gasteiger partial charge in [-0.25, -0.2) is 4.79 Å². The second kappa shape index (κ2) is 12.1. The van der Waals surface area contributed by atoms with Gasteiger partial charge < -0.3 is 20.1 Å². The monoisotopic (exact) mass is 380 g/mol. The number of methoxy groups -OCH3 is 1. The zero-order valence-corrected chi connectivity index (χ0v) is 15.8. The van der Waals surface area contributed by atoms with Crippen LogP contribution in [0.2, 0.25) is 0 Å². The number of hydrogen-bond acceptors (Lipinski definition) is 6. The normalized spacial score (nSPS) is 11.3. The van der Waals surface area contributed by atoms with E-state index in [1.54, 1.807) is 31.4 Å². The Bertz CT molecular complexity index is 636. The Morgan fingerprint density at radius 1 is 1.27 bits per heavy atom. The van der Waals surface area contributed by atoms with Gasteiger partial charge in [0.25, 0.3) is 5.91 Å². The van der Waals surface area contributed by atoms with Gasteiger partial charge in [0, 0.05) is 25.1 Å². The van der Waals surface area contributed by atoms with Crippen LogP contribution in [0.15, 0.2) is 41.8 Å². The van der Waals surface area contributed by atoms with Crippen molar-refractivity contribution in [2.45, 2.75) is 17.9 Å². The number of benzene rings is 1. The van der Waals surface area contributed by atoms with Crippen LogP contribution in [-0.2, 0) is 19.1 Å². The molecule has 0 bridgehead atoms. The minimum absolute atomic E-state index is 0.156. The lowest BCUT2D eigenvalue weighted by Crippen LogP contribution is -2.35. The predicted octanol–water partition coefficient (Wildman–Crippen LogP) is 1.39. The summed E-state index contributed by atoms with van der Waals surface area (Å²) in [5.74, 6) is -1.02. The molecule has 2 N–H and O–H groups in total. The first-order valence-corrected chi connectivity index (χ1v) is 9.05. The average Bonchev–Trinajstić information content (AvgIpc) is 2.64. The molecule has 0 aliphatic heterocycles. The predicted molar refractivity (Wildman–Crippen MR) is 100 cm³/mol. The van der Waals surface area contributed by atoms with E-state index in [2.05, 4.69) is 17.2 Å². The Hall–Kier alpha value is -2.32. The molecule has 0 radical (unpaired) electrons. The van der Waals surface area contributed by atoms with Crippen LogP contribution in [0.1, 0.15) is 17.3 Å². The molecule has 2 amide bonds. The number of nitrogens with one attached hydrogen (secondary N) is 2. The molecule has 1 aromatic carbocycles. The highest BCUT2D eigenvalue weighted by molar-refractivity contribution is 8.00. The van der Waals surface area contributed by atoms with Crippen molar-refractivity contribution in [2.24, 2.45) is 0 Å². The third-order valence-electron chi connectivity index (χ3n) is 3.17. The molecule has 0 heterocycles. The maximum Gasteiger partial charge on any atom is 0.340 e. The van der Waals surface area contributed by atoms with Crippen LogP contribution in [0.4, 0.5) is 0 Å². The topological polar surface area (TPSA) is 93.7 Å². The molecule has 26 heavy (non-hydrogen) atoms. The molecular formula is C18H24N2O5S. The van der Waals surface area contributed by atoms with Crippen LogP contribution < -0.4 is 10.6 Å². The quantitative estimate of drug-likeness (QED) is 0.261. The van der Waals surface area contributed by atoms with E-state index >= 15 is 0 Å². The van der Waals surface area contributed by atoms with E-state index in [0.29, 0.717) is 30.2 Å². The summed E-state index contributed by atoms with van der Waals surface area (Å²) in [6.07, 6.45) is 0.605. The van der Waals surface area contributed by atoms with Gasteiger partial charge in [-0.3, -0.25) is 9.59 Å². The van der Waals surface area contributed by atoms with Gasteiger partial charge in [0.05, 0.1) is 17.9 Å². The minimum Gasteiger partial charge on any atom is -0.449 e. The molecule has 7 nitrogen and oxygen atoms in total. The molecule has 0 fully saturated rings. The highest BCUT2D eigenvalue weighted by atomic mass is 32.2. The first-order valence-electron chi connectivity index (χ1n) is 8.06. The number of carbonyl (C=O) groups is 3. The highest BCUT2D eigenvalue weighted by Gasteiger charge is 2.20. The smallest absolute Gasteiger partial charge is 0.340 e. The Morgan fingerprint density at radius 2 is 2.00 bits per heavy atom. The fourth-order valence-corrected chi connectivity index (χ4v) is 2.71. The Kier molecular flexibility index (Phi) is 10.1. The van der Waals surface area contributed by atoms with E-state index in [4.69, 9.17) is 9.47 Å². The summed E-state index contributed by atoms with van der Waals surface area (Å²) in [6, 6.07) is 6.79. The van der Waals surface area contributed by atoms with E-state index in [-0.39, 0.29) is 11.7 Å². The maximum atomic E-state index is 12.4. The van der Waals surface area contributed by atoms with Gasteiger partial charge in [-0.2, -0.15) is 0 Å². The van der Waals surface area contributed by atoms with Crippen LogP contribution in [0.25, 0.3) is 0 Å². The molecule has 0 aliphatic rings. The van der Waals surface area contributed by atoms with Gasteiger partial charge in [0.1, 0.15) is 0 Å². The molecule has 0 aromatic heterocycles.